The van der Waals surface area contributed by atoms with Crippen LogP contribution in [0.2, 0.25) is 0 Å². The lowest BCUT2D eigenvalue weighted by Crippen LogP contribution is -2.32. The molecule has 6 nitrogen and oxygen atoms in total. The largest absolute Gasteiger partial charge is 0.481 e. The minimum Gasteiger partial charge on any atom is -0.481 e. The van der Waals surface area contributed by atoms with Gasteiger partial charge in [0.25, 0.3) is 5.91 Å². The number of amides is 1. The van der Waals surface area contributed by atoms with E-state index < -0.39 is 11.9 Å². The van der Waals surface area contributed by atoms with Gasteiger partial charge in [0.1, 0.15) is 0 Å². The molecule has 2 N–H and O–H groups in total. The fourth-order valence-corrected chi connectivity index (χ4v) is 1.88. The molecule has 2 aromatic rings. The Morgan fingerprint density at radius 1 is 1.33 bits per heavy atom. The van der Waals surface area contributed by atoms with E-state index >= 15 is 0 Å². The molecule has 0 saturated heterocycles. The van der Waals surface area contributed by atoms with Gasteiger partial charge in [-0.25, -0.2) is 0 Å². The predicted octanol–water partition coefficient (Wildman–Crippen LogP) is 1.38. The van der Waals surface area contributed by atoms with Gasteiger partial charge in [-0.15, -0.1) is 0 Å². The summed E-state index contributed by atoms with van der Waals surface area (Å²) in [4.78, 5) is 23.0. The first-order chi connectivity index (χ1) is 10.1. The molecule has 6 heteroatoms. The Morgan fingerprint density at radius 3 is 2.76 bits per heavy atom. The molecule has 2 rings (SSSR count). The van der Waals surface area contributed by atoms with Crippen molar-refractivity contribution < 1.29 is 14.7 Å². The summed E-state index contributed by atoms with van der Waals surface area (Å²) in [7, 11) is 0. The van der Waals surface area contributed by atoms with Gasteiger partial charge in [0.05, 0.1) is 12.5 Å². The number of carbonyl (C=O) groups is 2. The molecule has 1 amide bonds. The van der Waals surface area contributed by atoms with E-state index in [1.807, 2.05) is 24.4 Å². The molecule has 1 aromatic heterocycles. The van der Waals surface area contributed by atoms with Crippen molar-refractivity contribution in [3.05, 3.63) is 53.9 Å². The molecular formula is C15H17N3O3. The predicted molar refractivity (Wildman–Crippen MR) is 76.9 cm³/mol. The molecule has 0 aliphatic carbocycles. The van der Waals surface area contributed by atoms with Crippen molar-refractivity contribution in [3.63, 3.8) is 0 Å². The Hall–Kier alpha value is -2.63. The normalized spacial score (nSPS) is 11.9. The lowest BCUT2D eigenvalue weighted by atomic mass is 10.1. The van der Waals surface area contributed by atoms with E-state index in [4.69, 9.17) is 5.11 Å². The summed E-state index contributed by atoms with van der Waals surface area (Å²) in [6, 6.07) is 9.03. The zero-order chi connectivity index (χ0) is 15.2. The third kappa shape index (κ3) is 3.92. The van der Waals surface area contributed by atoms with Crippen LogP contribution in [-0.2, 0) is 11.3 Å². The molecule has 1 heterocycles. The number of nitrogens with one attached hydrogen (secondary N) is 1. The molecule has 0 bridgehead atoms. The van der Waals surface area contributed by atoms with Crippen LogP contribution < -0.4 is 5.32 Å². The van der Waals surface area contributed by atoms with Crippen molar-refractivity contribution in [2.45, 2.75) is 13.5 Å². The van der Waals surface area contributed by atoms with E-state index in [1.54, 1.807) is 29.9 Å². The van der Waals surface area contributed by atoms with Gasteiger partial charge in [0.2, 0.25) is 0 Å². The van der Waals surface area contributed by atoms with E-state index in [-0.39, 0.29) is 12.5 Å². The molecule has 1 aromatic carbocycles. The number of hydrogen-bond donors (Lipinski definition) is 2. The zero-order valence-electron chi connectivity index (χ0n) is 11.7. The van der Waals surface area contributed by atoms with E-state index in [0.717, 1.165) is 5.56 Å². The van der Waals surface area contributed by atoms with E-state index in [0.29, 0.717) is 12.1 Å². The Bertz CT molecular complexity index is 623. The van der Waals surface area contributed by atoms with Crippen molar-refractivity contribution in [2.24, 2.45) is 5.92 Å². The minimum absolute atomic E-state index is 0.101. The van der Waals surface area contributed by atoms with Gasteiger partial charge in [-0.05, 0) is 17.7 Å². The number of carboxylic acids is 1. The smallest absolute Gasteiger partial charge is 0.308 e. The van der Waals surface area contributed by atoms with Gasteiger partial charge >= 0.3 is 5.97 Å². The lowest BCUT2D eigenvalue weighted by molar-refractivity contribution is -0.140. The highest BCUT2D eigenvalue weighted by Crippen LogP contribution is 2.10. The average Bonchev–Trinajstić information content (AvgIpc) is 2.97. The van der Waals surface area contributed by atoms with Crippen LogP contribution in [-0.4, -0.2) is 33.3 Å². The molecule has 1 atom stereocenters. The van der Waals surface area contributed by atoms with Gasteiger partial charge in [0, 0.05) is 24.5 Å². The summed E-state index contributed by atoms with van der Waals surface area (Å²) in [5, 5.41) is 15.6. The third-order valence-corrected chi connectivity index (χ3v) is 3.14. The highest BCUT2D eigenvalue weighted by atomic mass is 16.4. The highest BCUT2D eigenvalue weighted by Gasteiger charge is 2.15. The quantitative estimate of drug-likeness (QED) is 0.840. The standard InChI is InChI=1S/C15H17N3O3/c1-11(15(20)21)9-16-14(19)13-6-3-2-5-12(13)10-18-8-4-7-17-18/h2-8,11H,9-10H2,1H3,(H,16,19)(H,20,21). The zero-order valence-corrected chi connectivity index (χ0v) is 11.7. The van der Waals surface area contributed by atoms with Crippen molar-refractivity contribution in [3.8, 4) is 0 Å². The third-order valence-electron chi connectivity index (χ3n) is 3.14. The van der Waals surface area contributed by atoms with Crippen molar-refractivity contribution in [1.82, 2.24) is 15.1 Å². The van der Waals surface area contributed by atoms with Crippen LogP contribution in [0.5, 0.6) is 0 Å². The van der Waals surface area contributed by atoms with Gasteiger partial charge in [-0.2, -0.15) is 5.10 Å². The van der Waals surface area contributed by atoms with Crippen molar-refractivity contribution in [1.29, 1.82) is 0 Å². The maximum Gasteiger partial charge on any atom is 0.308 e. The fraction of sp³-hybridized carbons (Fsp3) is 0.267. The Kier molecular flexibility index (Phi) is 4.71. The van der Waals surface area contributed by atoms with Crippen LogP contribution in [0, 0.1) is 5.92 Å². The van der Waals surface area contributed by atoms with Crippen molar-refractivity contribution >= 4 is 11.9 Å². The average molecular weight is 287 g/mol. The monoisotopic (exact) mass is 287 g/mol. The van der Waals surface area contributed by atoms with Crippen LogP contribution in [0.1, 0.15) is 22.8 Å². The number of carbonyl (C=O) groups excluding carboxylic acids is 1. The SMILES string of the molecule is CC(CNC(=O)c1ccccc1Cn1cccn1)C(=O)O. The summed E-state index contributed by atoms with van der Waals surface area (Å²) >= 11 is 0. The maximum absolute atomic E-state index is 12.2. The van der Waals surface area contributed by atoms with Crippen LogP contribution in [0.3, 0.4) is 0 Å². The first-order valence-electron chi connectivity index (χ1n) is 6.64. The second kappa shape index (κ2) is 6.69. The molecule has 0 fully saturated rings. The summed E-state index contributed by atoms with van der Waals surface area (Å²) in [5.74, 6) is -1.82. The second-order valence-corrected chi connectivity index (χ2v) is 4.81. The first kappa shape index (κ1) is 14.8. The highest BCUT2D eigenvalue weighted by molar-refractivity contribution is 5.95. The molecule has 0 aliphatic rings. The summed E-state index contributed by atoms with van der Waals surface area (Å²) in [6.07, 6.45) is 3.50. The van der Waals surface area contributed by atoms with E-state index in [1.165, 1.54) is 0 Å². The molecule has 0 saturated carbocycles. The first-order valence-corrected chi connectivity index (χ1v) is 6.64. The van der Waals surface area contributed by atoms with Gasteiger partial charge in [-0.3, -0.25) is 14.3 Å². The summed E-state index contributed by atoms with van der Waals surface area (Å²) in [5.41, 5.74) is 1.37. The molecule has 21 heavy (non-hydrogen) atoms. The molecule has 0 spiro atoms. The summed E-state index contributed by atoms with van der Waals surface area (Å²) in [6.45, 7) is 2.15. The Balaban J connectivity index is 2.08. The van der Waals surface area contributed by atoms with Crippen LogP contribution in [0.4, 0.5) is 0 Å². The number of benzene rings is 1. The molecule has 0 aliphatic heterocycles. The number of rotatable bonds is 6. The number of hydrogen-bond acceptors (Lipinski definition) is 3. The van der Waals surface area contributed by atoms with Crippen molar-refractivity contribution in [2.75, 3.05) is 6.54 Å². The minimum atomic E-state index is -0.930. The fourth-order valence-electron chi connectivity index (χ4n) is 1.88. The lowest BCUT2D eigenvalue weighted by Gasteiger charge is -2.12. The maximum atomic E-state index is 12.2. The summed E-state index contributed by atoms with van der Waals surface area (Å²) < 4.78 is 1.73. The van der Waals surface area contributed by atoms with Gasteiger partial charge in [0.15, 0.2) is 0 Å². The number of nitrogens with zero attached hydrogens (tertiary/aromatic N) is 2. The second-order valence-electron chi connectivity index (χ2n) is 4.81. The molecule has 0 radical (unpaired) electrons. The van der Waals surface area contributed by atoms with Crippen LogP contribution >= 0.6 is 0 Å². The molecule has 1 unspecified atom stereocenters. The van der Waals surface area contributed by atoms with Gasteiger partial charge in [-0.1, -0.05) is 25.1 Å². The van der Waals surface area contributed by atoms with E-state index in [9.17, 15) is 9.59 Å². The molecular weight excluding hydrogens is 270 g/mol. The van der Waals surface area contributed by atoms with Gasteiger partial charge < -0.3 is 10.4 Å². The van der Waals surface area contributed by atoms with Crippen LogP contribution in [0.15, 0.2) is 42.7 Å². The number of aromatic nitrogens is 2. The number of carboxylic acid groups (broad SMARTS) is 1. The number of aliphatic carboxylic acids is 1. The van der Waals surface area contributed by atoms with E-state index in [2.05, 4.69) is 10.4 Å². The molecule has 110 valence electrons. The van der Waals surface area contributed by atoms with Crippen LogP contribution in [0.25, 0.3) is 0 Å². The topological polar surface area (TPSA) is 84.2 Å². The Morgan fingerprint density at radius 2 is 2.10 bits per heavy atom. The Labute approximate surface area is 122 Å².